The number of hydrogen-bond acceptors (Lipinski definition) is 23. The van der Waals surface area contributed by atoms with Crippen LogP contribution in [0.4, 0.5) is 0 Å². The predicted molar refractivity (Wildman–Crippen MR) is 263 cm³/mol. The van der Waals surface area contributed by atoms with Crippen LogP contribution >= 0.6 is 0 Å². The van der Waals surface area contributed by atoms with Gasteiger partial charge in [0.1, 0.15) is 91.6 Å². The van der Waals surface area contributed by atoms with Crippen molar-refractivity contribution in [2.75, 3.05) is 19.8 Å². The van der Waals surface area contributed by atoms with Crippen LogP contribution in [0.25, 0.3) is 0 Å². The van der Waals surface area contributed by atoms with Crippen molar-refractivity contribution in [3.8, 4) is 0 Å². The lowest BCUT2D eigenvalue weighted by atomic mass is 9.32. The van der Waals surface area contributed by atoms with Gasteiger partial charge in [-0.2, -0.15) is 0 Å². The monoisotopic (exact) mass is 1120 g/mol. The van der Waals surface area contributed by atoms with E-state index in [0.717, 1.165) is 31.3 Å². The minimum atomic E-state index is -2.16. The summed E-state index contributed by atoms with van der Waals surface area (Å²) in [5.41, 5.74) is -1.83. The largest absolute Gasteiger partial charge is 0.479 e. The second-order valence-electron chi connectivity index (χ2n) is 26.2. The van der Waals surface area contributed by atoms with E-state index in [1.54, 1.807) is 0 Å². The third-order valence-corrected chi connectivity index (χ3v) is 21.3. The van der Waals surface area contributed by atoms with Crippen molar-refractivity contribution in [3.05, 3.63) is 11.6 Å². The third-order valence-electron chi connectivity index (χ3n) is 21.3. The van der Waals surface area contributed by atoms with Crippen LogP contribution in [0.3, 0.4) is 0 Å². The Labute approximate surface area is 453 Å². The lowest BCUT2D eigenvalue weighted by molar-refractivity contribution is -0.396. The van der Waals surface area contributed by atoms with Gasteiger partial charge in [0.2, 0.25) is 6.29 Å². The Morgan fingerprint density at radius 1 is 0.513 bits per heavy atom. The maximum absolute atomic E-state index is 14.8. The quantitative estimate of drug-likeness (QED) is 0.0574. The molecule has 8 fully saturated rings. The first-order valence-corrected chi connectivity index (χ1v) is 27.9. The molecule has 9 rings (SSSR count). The summed E-state index contributed by atoms with van der Waals surface area (Å²) in [6.07, 6.45) is -28.0. The molecule has 0 amide bonds. The zero-order valence-electron chi connectivity index (χ0n) is 45.5. The van der Waals surface area contributed by atoms with Gasteiger partial charge in [-0.3, -0.25) is 4.79 Å². The number of hydrogen-bond donors (Lipinski definition) is 14. The molecule has 0 aromatic rings. The average molecular weight is 1120 g/mol. The topological polar surface area (TPSA) is 391 Å². The number of carbonyl (C=O) groups is 2. The van der Waals surface area contributed by atoms with Crippen molar-refractivity contribution in [3.63, 3.8) is 0 Å². The molecule has 4 saturated carbocycles. The molecule has 446 valence electrons. The highest BCUT2D eigenvalue weighted by Gasteiger charge is 2.71. The summed E-state index contributed by atoms with van der Waals surface area (Å²) in [5.74, 6) is -2.10. The number of fused-ring (bicyclic) bond motifs is 7. The third kappa shape index (κ3) is 9.72. The summed E-state index contributed by atoms with van der Waals surface area (Å²) in [7, 11) is 0. The number of carboxylic acids is 1. The van der Waals surface area contributed by atoms with E-state index in [4.69, 9.17) is 37.9 Å². The van der Waals surface area contributed by atoms with Crippen molar-refractivity contribution in [2.45, 2.75) is 242 Å². The van der Waals surface area contributed by atoms with E-state index in [1.165, 1.54) is 0 Å². The summed E-state index contributed by atoms with van der Waals surface area (Å²) < 4.78 is 48.2. The highest BCUT2D eigenvalue weighted by Crippen LogP contribution is 2.76. The zero-order chi connectivity index (χ0) is 57.1. The summed E-state index contributed by atoms with van der Waals surface area (Å²) in [4.78, 5) is 27.7. The molecule has 78 heavy (non-hydrogen) atoms. The van der Waals surface area contributed by atoms with Crippen LogP contribution in [0.5, 0.6) is 0 Å². The fourth-order valence-electron chi connectivity index (χ4n) is 16.6. The molecule has 14 N–H and O–H groups in total. The first kappa shape index (κ1) is 60.5. The lowest BCUT2D eigenvalue weighted by Gasteiger charge is -2.72. The number of aliphatic hydroxyl groups excluding tert-OH is 13. The molecule has 0 aromatic carbocycles. The van der Waals surface area contributed by atoms with Gasteiger partial charge in [-0.1, -0.05) is 60.1 Å². The van der Waals surface area contributed by atoms with Gasteiger partial charge < -0.3 is 109 Å². The fourth-order valence-corrected chi connectivity index (χ4v) is 16.6. The highest BCUT2D eigenvalue weighted by molar-refractivity contribution is 5.82. The molecule has 9 aliphatic rings. The molecule has 28 atom stereocenters. The van der Waals surface area contributed by atoms with Crippen LogP contribution in [0, 0.1) is 50.2 Å². The standard InChI is InChI=1S/C54H86O24/c1-49(2)14-16-54(48(70)78-46-38(66)35(63)32(60)26(21-57)73-46)17-15-52(6)22(23(54)18-49)8-9-28-51(5)12-11-29(50(3,4)27(51)10-13-53(28,52)7)74-47-42(77-45-37(65)34(62)31(59)25(20-56)72-45)40(39(67)41(76-47)43(68)69)75-44-36(64)33(61)30(58)24(19-55)71-44/h18,22,24-42,44-47,55-67H,8-17,19-21H2,1-7H3,(H,68,69)/t22?,24-,25-,26-,27?,28?,29+,30+,31-,32-,33+,34+,35+,36-,37-,38-,39+,40+,41+,42-,44+,45+,46+,47-,51+,52-,53-,54+/m1/s1. The number of aliphatic hydroxyl groups is 13. The Hall–Kier alpha value is -2.12. The molecule has 0 spiro atoms. The molecule has 4 aliphatic heterocycles. The van der Waals surface area contributed by atoms with E-state index in [-0.39, 0.29) is 39.4 Å². The fraction of sp³-hybridized carbons (Fsp3) is 0.926. The summed E-state index contributed by atoms with van der Waals surface area (Å²) in [6, 6.07) is 0. The number of aliphatic carboxylic acids is 1. The Morgan fingerprint density at radius 3 is 1.56 bits per heavy atom. The van der Waals surface area contributed by atoms with Crippen LogP contribution in [0.2, 0.25) is 0 Å². The highest BCUT2D eigenvalue weighted by atomic mass is 16.8. The van der Waals surface area contributed by atoms with Gasteiger partial charge in [-0.05, 0) is 109 Å². The molecule has 4 heterocycles. The lowest BCUT2D eigenvalue weighted by Crippen LogP contribution is -2.69. The first-order chi connectivity index (χ1) is 36.5. The van der Waals surface area contributed by atoms with Gasteiger partial charge in [0.05, 0.1) is 31.3 Å². The van der Waals surface area contributed by atoms with Crippen LogP contribution < -0.4 is 0 Å². The second-order valence-corrected chi connectivity index (χ2v) is 26.2. The molecule has 0 aromatic heterocycles. The van der Waals surface area contributed by atoms with Crippen molar-refractivity contribution >= 4 is 11.9 Å². The van der Waals surface area contributed by atoms with Crippen molar-refractivity contribution in [1.82, 2.24) is 0 Å². The van der Waals surface area contributed by atoms with Crippen molar-refractivity contribution in [2.24, 2.45) is 50.2 Å². The van der Waals surface area contributed by atoms with Gasteiger partial charge in [-0.25, -0.2) is 4.79 Å². The second kappa shape index (κ2) is 21.8. The van der Waals surface area contributed by atoms with Crippen LogP contribution in [-0.4, -0.2) is 232 Å². The number of carbonyl (C=O) groups excluding carboxylic acids is 1. The molecule has 5 aliphatic carbocycles. The molecular formula is C54H86O24. The Morgan fingerprint density at radius 2 is 1.03 bits per heavy atom. The maximum Gasteiger partial charge on any atom is 0.335 e. The summed E-state index contributed by atoms with van der Waals surface area (Å²) in [6.45, 7) is 13.2. The van der Waals surface area contributed by atoms with Gasteiger partial charge in [0, 0.05) is 0 Å². The zero-order valence-corrected chi connectivity index (χ0v) is 45.5. The normalized spacial score (nSPS) is 52.8. The van der Waals surface area contributed by atoms with Gasteiger partial charge in [0.25, 0.3) is 0 Å². The number of ether oxygens (including phenoxy) is 8. The Kier molecular flexibility index (Phi) is 16.9. The maximum atomic E-state index is 14.8. The number of carboxylic acid groups (broad SMARTS) is 1. The SMILES string of the molecule is CC1(C)C=C2C3CCC4[C@@]5(C)CC[C@H](O[C@@H]6O[C@H](C(=O)O)[C@@H](O)[C@H](O[C@@H]7O[C@H](CO)[C@H](O)[C@H](O)[C@H]7O)[C@H]6O[C@@H]6O[C@H](CO)[C@@H](O)[C@H](O)[C@H]6O)C(C)(C)C5CC[C@@]4(C)[C@]3(C)CC[C@@]2(C(=O)O[C@@H]2O[C@H](CO)[C@@H](O)[C@H](O)[C@H]2O)CC1. The molecule has 0 bridgehead atoms. The summed E-state index contributed by atoms with van der Waals surface area (Å²) in [5, 5.41) is 149. The molecule has 24 nitrogen and oxygen atoms in total. The van der Waals surface area contributed by atoms with E-state index in [0.29, 0.717) is 38.5 Å². The predicted octanol–water partition coefficient (Wildman–Crippen LogP) is -1.94. The summed E-state index contributed by atoms with van der Waals surface area (Å²) >= 11 is 0. The molecule has 0 radical (unpaired) electrons. The first-order valence-electron chi connectivity index (χ1n) is 27.9. The number of esters is 1. The van der Waals surface area contributed by atoms with Gasteiger partial charge >= 0.3 is 11.9 Å². The van der Waals surface area contributed by atoms with Crippen LogP contribution in [0.1, 0.15) is 113 Å². The number of rotatable bonds is 12. The van der Waals surface area contributed by atoms with Crippen molar-refractivity contribution in [1.29, 1.82) is 0 Å². The van der Waals surface area contributed by atoms with E-state index in [2.05, 4.69) is 54.5 Å². The van der Waals surface area contributed by atoms with Gasteiger partial charge in [0.15, 0.2) is 25.0 Å². The van der Waals surface area contributed by atoms with Crippen LogP contribution in [-0.2, 0) is 47.5 Å². The van der Waals surface area contributed by atoms with E-state index in [9.17, 15) is 81.1 Å². The molecular weight excluding hydrogens is 1030 g/mol. The average Bonchev–Trinajstić information content (AvgIpc) is 3.58. The van der Waals surface area contributed by atoms with Gasteiger partial charge in [-0.15, -0.1) is 0 Å². The minimum Gasteiger partial charge on any atom is -0.479 e. The van der Waals surface area contributed by atoms with E-state index in [1.807, 2.05) is 0 Å². The smallest absolute Gasteiger partial charge is 0.335 e. The minimum absolute atomic E-state index is 0.0126. The Balaban J connectivity index is 0.992. The molecule has 24 heteroatoms. The van der Waals surface area contributed by atoms with E-state index >= 15 is 0 Å². The molecule has 4 saturated heterocycles. The molecule has 3 unspecified atom stereocenters. The Bertz CT molecular complexity index is 2190. The van der Waals surface area contributed by atoms with Crippen molar-refractivity contribution < 1.29 is 119 Å². The van der Waals surface area contributed by atoms with E-state index < -0.39 is 172 Å². The number of allylic oxidation sites excluding steroid dienone is 1. The van der Waals surface area contributed by atoms with Crippen LogP contribution in [0.15, 0.2) is 11.6 Å².